The Morgan fingerprint density at radius 2 is 1.77 bits per heavy atom. The lowest BCUT2D eigenvalue weighted by molar-refractivity contribution is -0.134. The van der Waals surface area contributed by atoms with Gasteiger partial charge in [0.2, 0.25) is 5.91 Å². The molecule has 0 atom stereocenters. The maximum absolute atomic E-state index is 13.9. The first-order valence-corrected chi connectivity index (χ1v) is 14.4. The summed E-state index contributed by atoms with van der Waals surface area (Å²) < 4.78 is 10.7. The first kappa shape index (κ1) is 28.3. The van der Waals surface area contributed by atoms with Crippen molar-refractivity contribution in [2.45, 2.75) is 32.1 Å². The SMILES string of the molecule is COc1ccc(CCNCCCN2C(=O)c3c(cc(N)c4[nH]c(-c5cc6ccccc6[nH]5)nc34)C(C)(C)C2=O)cc1OC. The molecular weight excluding hydrogens is 544 g/mol. The average molecular weight is 581 g/mol. The van der Waals surface area contributed by atoms with E-state index in [4.69, 9.17) is 20.2 Å². The van der Waals surface area contributed by atoms with Gasteiger partial charge in [-0.15, -0.1) is 0 Å². The van der Waals surface area contributed by atoms with Crippen molar-refractivity contribution in [2.75, 3.05) is 39.6 Å². The summed E-state index contributed by atoms with van der Waals surface area (Å²) in [6.45, 7) is 5.38. The first-order valence-electron chi connectivity index (χ1n) is 14.4. The van der Waals surface area contributed by atoms with E-state index in [9.17, 15) is 9.59 Å². The highest BCUT2D eigenvalue weighted by Gasteiger charge is 2.46. The smallest absolute Gasteiger partial charge is 0.263 e. The number of nitrogens with zero attached hydrogens (tertiary/aromatic N) is 2. The predicted octanol–water partition coefficient (Wildman–Crippen LogP) is 4.79. The Bertz CT molecular complexity index is 1820. The molecule has 0 fully saturated rings. The number of benzene rings is 3. The Labute approximate surface area is 249 Å². The van der Waals surface area contributed by atoms with Crippen LogP contribution in [0.1, 0.15) is 41.8 Å². The van der Waals surface area contributed by atoms with E-state index in [0.29, 0.717) is 64.7 Å². The molecule has 0 saturated carbocycles. The third-order valence-corrected chi connectivity index (χ3v) is 8.27. The molecule has 3 aromatic carbocycles. The summed E-state index contributed by atoms with van der Waals surface area (Å²) in [5.74, 6) is 1.40. The summed E-state index contributed by atoms with van der Waals surface area (Å²) in [7, 11) is 3.24. The summed E-state index contributed by atoms with van der Waals surface area (Å²) in [5.41, 5.74) is 11.0. The van der Waals surface area contributed by atoms with Crippen molar-refractivity contribution in [1.29, 1.82) is 0 Å². The minimum absolute atomic E-state index is 0.236. The monoisotopic (exact) mass is 580 g/mol. The highest BCUT2D eigenvalue weighted by molar-refractivity contribution is 6.19. The van der Waals surface area contributed by atoms with E-state index in [1.807, 2.05) is 62.4 Å². The summed E-state index contributed by atoms with van der Waals surface area (Å²) in [4.78, 5) is 40.4. The maximum Gasteiger partial charge on any atom is 0.263 e. The van der Waals surface area contributed by atoms with E-state index < -0.39 is 5.41 Å². The molecule has 222 valence electrons. The topological polar surface area (TPSA) is 138 Å². The fourth-order valence-electron chi connectivity index (χ4n) is 5.87. The molecule has 5 aromatic rings. The number of para-hydroxylation sites is 1. The Morgan fingerprint density at radius 3 is 2.53 bits per heavy atom. The van der Waals surface area contributed by atoms with Crippen molar-refractivity contribution in [3.05, 3.63) is 71.3 Å². The Morgan fingerprint density at radius 1 is 0.977 bits per heavy atom. The van der Waals surface area contributed by atoms with Crippen molar-refractivity contribution in [1.82, 2.24) is 25.2 Å². The summed E-state index contributed by atoms with van der Waals surface area (Å²) in [5, 5.41) is 4.47. The van der Waals surface area contributed by atoms with Crippen molar-refractivity contribution >= 4 is 39.4 Å². The molecule has 0 spiro atoms. The number of rotatable bonds is 10. The molecule has 0 bridgehead atoms. The lowest BCUT2D eigenvalue weighted by Gasteiger charge is -2.37. The van der Waals surface area contributed by atoms with Crippen molar-refractivity contribution in [2.24, 2.45) is 0 Å². The third-order valence-electron chi connectivity index (χ3n) is 8.27. The van der Waals surface area contributed by atoms with Crippen LogP contribution in [-0.2, 0) is 16.6 Å². The lowest BCUT2D eigenvalue weighted by atomic mass is 9.76. The molecule has 0 saturated heterocycles. The van der Waals surface area contributed by atoms with Gasteiger partial charge in [0.1, 0.15) is 5.52 Å². The van der Waals surface area contributed by atoms with Crippen molar-refractivity contribution < 1.29 is 19.1 Å². The zero-order chi connectivity index (χ0) is 30.3. The van der Waals surface area contributed by atoms with Gasteiger partial charge in [-0.25, -0.2) is 4.98 Å². The fraction of sp³-hybridized carbons (Fsp3) is 0.303. The fourth-order valence-corrected chi connectivity index (χ4v) is 5.87. The number of nitrogens with two attached hydrogens (primary N) is 1. The number of fused-ring (bicyclic) bond motifs is 4. The minimum Gasteiger partial charge on any atom is -0.493 e. The van der Waals surface area contributed by atoms with Crippen molar-refractivity contribution in [3.8, 4) is 23.0 Å². The molecule has 0 aliphatic carbocycles. The zero-order valence-corrected chi connectivity index (χ0v) is 24.8. The molecule has 1 aliphatic rings. The number of carbonyl (C=O) groups excluding carboxylic acids is 2. The van der Waals surface area contributed by atoms with Gasteiger partial charge in [0.25, 0.3) is 5.91 Å². The van der Waals surface area contributed by atoms with E-state index in [1.54, 1.807) is 20.3 Å². The number of amides is 2. The highest BCUT2D eigenvalue weighted by atomic mass is 16.5. The van der Waals surface area contributed by atoms with Crippen LogP contribution in [-0.4, -0.2) is 65.5 Å². The average Bonchev–Trinajstić information content (AvgIpc) is 3.65. The normalized spacial score (nSPS) is 14.5. The number of anilines is 1. The largest absolute Gasteiger partial charge is 0.493 e. The third kappa shape index (κ3) is 4.97. The number of nitrogens with one attached hydrogen (secondary N) is 3. The number of H-pyrrole nitrogens is 2. The van der Waals surface area contributed by atoms with Crippen molar-refractivity contribution in [3.63, 3.8) is 0 Å². The second kappa shape index (κ2) is 11.1. The molecule has 3 heterocycles. The molecule has 43 heavy (non-hydrogen) atoms. The maximum atomic E-state index is 13.9. The first-order chi connectivity index (χ1) is 20.7. The van der Waals surface area contributed by atoms with Gasteiger partial charge in [-0.1, -0.05) is 24.3 Å². The quantitative estimate of drug-likeness (QED) is 0.106. The molecule has 2 amide bonds. The van der Waals surface area contributed by atoms with E-state index in [0.717, 1.165) is 35.1 Å². The zero-order valence-electron chi connectivity index (χ0n) is 24.8. The number of imidazole rings is 1. The van der Waals surface area contributed by atoms with Crippen LogP contribution in [0.25, 0.3) is 33.5 Å². The summed E-state index contributed by atoms with van der Waals surface area (Å²) >= 11 is 0. The van der Waals surface area contributed by atoms with Crippen LogP contribution >= 0.6 is 0 Å². The van der Waals surface area contributed by atoms with Crippen LogP contribution in [0.5, 0.6) is 11.5 Å². The number of hydrogen-bond donors (Lipinski definition) is 4. The second-order valence-electron chi connectivity index (χ2n) is 11.4. The molecular formula is C33H36N6O4. The standard InChI is InChI=1S/C33H36N6O4/c1-33(2)21-18-22(34)28-29(38-30(37-28)24-17-20-8-5-6-9-23(20)36-24)27(21)31(40)39(32(33)41)15-7-13-35-14-12-19-10-11-25(42-3)26(16-19)43-4/h5-6,8-11,16-18,35-36H,7,12-15,34H2,1-4H3,(H,37,38). The molecule has 5 N–H and O–H groups in total. The van der Waals surface area contributed by atoms with Gasteiger partial charge in [-0.2, -0.15) is 0 Å². The minimum atomic E-state index is -0.938. The highest BCUT2D eigenvalue weighted by Crippen LogP contribution is 2.40. The molecule has 0 unspecified atom stereocenters. The molecule has 10 heteroatoms. The van der Waals surface area contributed by atoms with Gasteiger partial charge in [-0.3, -0.25) is 14.5 Å². The van der Waals surface area contributed by atoms with Crippen LogP contribution in [0.2, 0.25) is 0 Å². The van der Waals surface area contributed by atoms with Gasteiger partial charge in [0.15, 0.2) is 17.3 Å². The van der Waals surface area contributed by atoms with Gasteiger partial charge < -0.3 is 30.5 Å². The number of hydrogen-bond acceptors (Lipinski definition) is 7. The molecule has 2 aromatic heterocycles. The van der Waals surface area contributed by atoms with Gasteiger partial charge in [-0.05, 0) is 81.2 Å². The van der Waals surface area contributed by atoms with Crippen LogP contribution in [0, 0.1) is 0 Å². The Hall–Kier alpha value is -4.83. The molecule has 0 radical (unpaired) electrons. The number of imide groups is 1. The molecule has 1 aliphatic heterocycles. The Kier molecular flexibility index (Phi) is 7.31. The number of aromatic amines is 2. The summed E-state index contributed by atoms with van der Waals surface area (Å²) in [6, 6.07) is 17.6. The molecule has 10 nitrogen and oxygen atoms in total. The van der Waals surface area contributed by atoms with Crippen LogP contribution in [0.15, 0.2) is 54.6 Å². The number of carbonyl (C=O) groups is 2. The van der Waals surface area contributed by atoms with Crippen LogP contribution < -0.4 is 20.5 Å². The van der Waals surface area contributed by atoms with Gasteiger partial charge in [0.05, 0.1) is 42.1 Å². The molecule has 6 rings (SSSR count). The number of nitrogen functional groups attached to an aromatic ring is 1. The number of aromatic nitrogens is 3. The van der Waals surface area contributed by atoms with Crippen LogP contribution in [0.4, 0.5) is 5.69 Å². The lowest BCUT2D eigenvalue weighted by Crippen LogP contribution is -2.52. The number of ether oxygens (including phenoxy) is 2. The van der Waals surface area contributed by atoms with E-state index >= 15 is 0 Å². The van der Waals surface area contributed by atoms with Crippen LogP contribution in [0.3, 0.4) is 0 Å². The van der Waals surface area contributed by atoms with E-state index in [-0.39, 0.29) is 11.8 Å². The second-order valence-corrected chi connectivity index (χ2v) is 11.4. The van der Waals surface area contributed by atoms with E-state index in [2.05, 4.69) is 15.3 Å². The Balaban J connectivity index is 1.19. The van der Waals surface area contributed by atoms with Gasteiger partial charge in [0, 0.05) is 17.4 Å². The predicted molar refractivity (Wildman–Crippen MR) is 168 cm³/mol. The summed E-state index contributed by atoms with van der Waals surface area (Å²) in [6.07, 6.45) is 1.42. The number of methoxy groups -OCH3 is 2. The van der Waals surface area contributed by atoms with E-state index in [1.165, 1.54) is 4.90 Å². The van der Waals surface area contributed by atoms with Gasteiger partial charge >= 0.3 is 0 Å².